The molecule has 0 aliphatic carbocycles. The van der Waals surface area contributed by atoms with Gasteiger partial charge in [0.05, 0.1) is 12.5 Å². The molecule has 0 saturated heterocycles. The molecule has 0 atom stereocenters. The maximum Gasteiger partial charge on any atom is 0.236 e. The molecule has 1 aliphatic heterocycles. The molecule has 0 saturated carbocycles. The highest BCUT2D eigenvalue weighted by atomic mass is 16.2. The van der Waals surface area contributed by atoms with Crippen molar-refractivity contribution >= 4 is 23.2 Å². The third-order valence-corrected chi connectivity index (χ3v) is 6.26. The van der Waals surface area contributed by atoms with E-state index < -0.39 is 5.92 Å². The number of hydrogen-bond donors (Lipinski definition) is 1. The Morgan fingerprint density at radius 3 is 1.97 bits per heavy atom. The highest BCUT2D eigenvalue weighted by molar-refractivity contribution is 6.00. The van der Waals surface area contributed by atoms with Gasteiger partial charge in [-0.15, -0.1) is 0 Å². The van der Waals surface area contributed by atoms with Crippen molar-refractivity contribution < 1.29 is 9.59 Å². The highest BCUT2D eigenvalue weighted by Crippen LogP contribution is 2.33. The Bertz CT molecular complexity index is 1250. The van der Waals surface area contributed by atoms with E-state index in [9.17, 15) is 9.59 Å². The molecule has 4 aromatic rings. The zero-order valence-electron chi connectivity index (χ0n) is 18.9. The average molecular weight is 447 g/mol. The predicted octanol–water partition coefficient (Wildman–Crippen LogP) is 5.94. The van der Waals surface area contributed by atoms with Gasteiger partial charge in [0, 0.05) is 17.8 Å². The molecule has 0 bridgehead atoms. The van der Waals surface area contributed by atoms with Gasteiger partial charge in [0.2, 0.25) is 11.8 Å². The van der Waals surface area contributed by atoms with Crippen molar-refractivity contribution in [2.24, 2.45) is 0 Å². The van der Waals surface area contributed by atoms with E-state index >= 15 is 0 Å². The third kappa shape index (κ3) is 4.62. The Balaban J connectivity index is 1.40. The summed E-state index contributed by atoms with van der Waals surface area (Å²) in [5.41, 5.74) is 5.72. The molecule has 34 heavy (non-hydrogen) atoms. The summed E-state index contributed by atoms with van der Waals surface area (Å²) in [5, 5.41) is 3.12. The van der Waals surface area contributed by atoms with E-state index in [4.69, 9.17) is 0 Å². The minimum absolute atomic E-state index is 0.0784. The number of carbonyl (C=O) groups excluding carboxylic acids is 2. The van der Waals surface area contributed by atoms with E-state index in [0.717, 1.165) is 33.6 Å². The molecular formula is C30H26N2O2. The Morgan fingerprint density at radius 1 is 0.765 bits per heavy atom. The number of benzene rings is 4. The molecule has 1 heterocycles. The number of anilines is 2. The summed E-state index contributed by atoms with van der Waals surface area (Å²) in [6, 6.07) is 35.5. The zero-order chi connectivity index (χ0) is 23.3. The maximum absolute atomic E-state index is 13.5. The van der Waals surface area contributed by atoms with Crippen LogP contribution in [0, 0.1) is 0 Å². The minimum atomic E-state index is -0.408. The van der Waals surface area contributed by atoms with Gasteiger partial charge >= 0.3 is 0 Å². The summed E-state index contributed by atoms with van der Waals surface area (Å²) in [4.78, 5) is 28.0. The summed E-state index contributed by atoms with van der Waals surface area (Å²) in [6.07, 6.45) is 1.14. The van der Waals surface area contributed by atoms with Gasteiger partial charge in [-0.2, -0.15) is 0 Å². The molecule has 0 radical (unpaired) electrons. The fourth-order valence-corrected chi connectivity index (χ4v) is 4.58. The monoisotopic (exact) mass is 446 g/mol. The van der Waals surface area contributed by atoms with Gasteiger partial charge < -0.3 is 10.2 Å². The van der Waals surface area contributed by atoms with Crippen molar-refractivity contribution in [3.05, 3.63) is 131 Å². The molecule has 4 aromatic carbocycles. The van der Waals surface area contributed by atoms with Crippen LogP contribution in [0.5, 0.6) is 0 Å². The van der Waals surface area contributed by atoms with Crippen LogP contribution in [0.2, 0.25) is 0 Å². The molecule has 0 aromatic heterocycles. The van der Waals surface area contributed by atoms with E-state index in [1.807, 2.05) is 114 Å². The predicted molar refractivity (Wildman–Crippen MR) is 136 cm³/mol. The first-order chi connectivity index (χ1) is 16.7. The summed E-state index contributed by atoms with van der Waals surface area (Å²) < 4.78 is 0. The fourth-order valence-electron chi connectivity index (χ4n) is 4.58. The van der Waals surface area contributed by atoms with Crippen LogP contribution < -0.4 is 10.2 Å². The number of carbonyl (C=O) groups is 2. The molecule has 0 spiro atoms. The first-order valence-electron chi connectivity index (χ1n) is 11.6. The van der Waals surface area contributed by atoms with Crippen LogP contribution in [0.25, 0.3) is 0 Å². The lowest BCUT2D eigenvalue weighted by Crippen LogP contribution is -2.34. The highest BCUT2D eigenvalue weighted by Gasteiger charge is 2.26. The van der Waals surface area contributed by atoms with Crippen LogP contribution in [0.1, 0.15) is 34.6 Å². The number of fused-ring (bicyclic) bond motifs is 1. The van der Waals surface area contributed by atoms with E-state index in [1.54, 1.807) is 0 Å². The minimum Gasteiger partial charge on any atom is -0.325 e. The van der Waals surface area contributed by atoms with Crippen LogP contribution in [0.3, 0.4) is 0 Å². The molecule has 1 aliphatic rings. The number of nitrogens with zero attached hydrogens (tertiary/aromatic N) is 1. The second-order valence-electron chi connectivity index (χ2n) is 8.55. The topological polar surface area (TPSA) is 49.4 Å². The summed E-state index contributed by atoms with van der Waals surface area (Å²) in [7, 11) is 0. The molecule has 2 amide bonds. The van der Waals surface area contributed by atoms with Crippen LogP contribution in [-0.2, 0) is 22.6 Å². The van der Waals surface area contributed by atoms with Crippen LogP contribution in [-0.4, -0.2) is 11.8 Å². The van der Waals surface area contributed by atoms with Gasteiger partial charge in [-0.1, -0.05) is 91.0 Å². The van der Waals surface area contributed by atoms with Crippen molar-refractivity contribution in [3.8, 4) is 0 Å². The van der Waals surface area contributed by atoms with Crippen molar-refractivity contribution in [1.82, 2.24) is 0 Å². The SMILES string of the molecule is O=C(Nc1ccc2c(c1)CCC(=O)N2Cc1ccccc1)C(c1ccccc1)c1ccccc1. The van der Waals surface area contributed by atoms with Crippen molar-refractivity contribution in [3.63, 3.8) is 0 Å². The molecule has 4 heteroatoms. The number of amides is 2. The summed E-state index contributed by atoms with van der Waals surface area (Å²) in [6.45, 7) is 0.544. The van der Waals surface area contributed by atoms with Crippen LogP contribution in [0.15, 0.2) is 109 Å². The van der Waals surface area contributed by atoms with E-state index in [2.05, 4.69) is 5.32 Å². The lowest BCUT2D eigenvalue weighted by Gasteiger charge is -2.30. The molecule has 1 N–H and O–H groups in total. The summed E-state index contributed by atoms with van der Waals surface area (Å²) >= 11 is 0. The molecule has 4 nitrogen and oxygen atoms in total. The smallest absolute Gasteiger partial charge is 0.236 e. The van der Waals surface area contributed by atoms with Gasteiger partial charge in [0.25, 0.3) is 0 Å². The lowest BCUT2D eigenvalue weighted by molar-refractivity contribution is -0.119. The van der Waals surface area contributed by atoms with E-state index in [-0.39, 0.29) is 11.8 Å². The van der Waals surface area contributed by atoms with E-state index in [0.29, 0.717) is 19.4 Å². The third-order valence-electron chi connectivity index (χ3n) is 6.26. The van der Waals surface area contributed by atoms with Crippen molar-refractivity contribution in [2.75, 3.05) is 10.2 Å². The Morgan fingerprint density at radius 2 is 1.35 bits per heavy atom. The molecule has 168 valence electrons. The Labute approximate surface area is 199 Å². The van der Waals surface area contributed by atoms with Gasteiger partial charge in [-0.05, 0) is 46.9 Å². The van der Waals surface area contributed by atoms with Crippen LogP contribution >= 0.6 is 0 Å². The number of aryl methyl sites for hydroxylation is 1. The number of hydrogen-bond acceptors (Lipinski definition) is 2. The fraction of sp³-hybridized carbons (Fsp3) is 0.133. The Kier molecular flexibility index (Phi) is 6.21. The second-order valence-corrected chi connectivity index (χ2v) is 8.55. The molecule has 5 rings (SSSR count). The number of nitrogens with one attached hydrogen (secondary N) is 1. The normalized spacial score (nSPS) is 13.0. The van der Waals surface area contributed by atoms with Gasteiger partial charge in [-0.25, -0.2) is 0 Å². The van der Waals surface area contributed by atoms with Gasteiger partial charge in [0.15, 0.2) is 0 Å². The summed E-state index contributed by atoms with van der Waals surface area (Å²) in [5.74, 6) is -0.360. The van der Waals surface area contributed by atoms with Crippen molar-refractivity contribution in [1.29, 1.82) is 0 Å². The van der Waals surface area contributed by atoms with Crippen LogP contribution in [0.4, 0.5) is 11.4 Å². The van der Waals surface area contributed by atoms with E-state index in [1.165, 1.54) is 0 Å². The van der Waals surface area contributed by atoms with Crippen molar-refractivity contribution in [2.45, 2.75) is 25.3 Å². The molecule has 0 unspecified atom stereocenters. The zero-order valence-corrected chi connectivity index (χ0v) is 18.9. The van der Waals surface area contributed by atoms with Gasteiger partial charge in [-0.3, -0.25) is 9.59 Å². The lowest BCUT2D eigenvalue weighted by atomic mass is 9.90. The number of rotatable bonds is 6. The quantitative estimate of drug-likeness (QED) is 0.399. The molecule has 0 fully saturated rings. The maximum atomic E-state index is 13.5. The first kappa shape index (κ1) is 21.7. The molecular weight excluding hydrogens is 420 g/mol. The second kappa shape index (κ2) is 9.75. The average Bonchev–Trinajstić information content (AvgIpc) is 2.88. The van der Waals surface area contributed by atoms with Gasteiger partial charge in [0.1, 0.15) is 0 Å². The largest absolute Gasteiger partial charge is 0.325 e. The Hall–Kier alpha value is -4.18. The first-order valence-corrected chi connectivity index (χ1v) is 11.6. The standard InChI is InChI=1S/C30H26N2O2/c33-28-19-16-25-20-26(17-18-27(25)32(28)21-22-10-4-1-5-11-22)31-30(34)29(23-12-6-2-7-13-23)24-14-8-3-9-15-24/h1-15,17-18,20,29H,16,19,21H2,(H,31,34).